The van der Waals surface area contributed by atoms with E-state index in [1.807, 2.05) is 67.6 Å². The number of hydrogen-bond donors (Lipinski definition) is 1. The van der Waals surface area contributed by atoms with Gasteiger partial charge in [0.25, 0.3) is 11.7 Å². The van der Waals surface area contributed by atoms with Crippen molar-refractivity contribution < 1.29 is 24.2 Å². The highest BCUT2D eigenvalue weighted by Gasteiger charge is 2.46. The molecule has 1 aliphatic rings. The van der Waals surface area contributed by atoms with Crippen LogP contribution in [0, 0.1) is 0 Å². The largest absolute Gasteiger partial charge is 0.507 e. The maximum atomic E-state index is 13.4. The number of ketones is 1. The second kappa shape index (κ2) is 11.6. The average molecular weight is 521 g/mol. The van der Waals surface area contributed by atoms with Crippen LogP contribution in [-0.2, 0) is 22.7 Å². The minimum absolute atomic E-state index is 0.0162. The molecule has 39 heavy (non-hydrogen) atoms. The topological polar surface area (TPSA) is 89.0 Å². The van der Waals surface area contributed by atoms with Crippen molar-refractivity contribution in [1.29, 1.82) is 0 Å². The van der Waals surface area contributed by atoms with E-state index in [1.165, 1.54) is 17.3 Å². The molecule has 3 aromatic carbocycles. The van der Waals surface area contributed by atoms with E-state index >= 15 is 0 Å². The number of aliphatic hydroxyl groups is 1. The van der Waals surface area contributed by atoms with E-state index in [0.717, 1.165) is 11.1 Å². The summed E-state index contributed by atoms with van der Waals surface area (Å²) in [4.78, 5) is 32.2. The Kier molecular flexibility index (Phi) is 7.68. The van der Waals surface area contributed by atoms with Gasteiger partial charge in [-0.3, -0.25) is 14.6 Å². The third-order valence-corrected chi connectivity index (χ3v) is 6.51. The van der Waals surface area contributed by atoms with Crippen LogP contribution in [0.1, 0.15) is 35.2 Å². The zero-order valence-electron chi connectivity index (χ0n) is 21.5. The first-order chi connectivity index (χ1) is 19.1. The lowest BCUT2D eigenvalue weighted by atomic mass is 9.95. The molecule has 1 amide bonds. The standard InChI is InChI=1S/C32H28N2O5/c1-2-38-27-19-25(13-14-26(27)39-21-23-11-7-4-8-12-23)29-28(30(35)24-15-17-33-18-16-24)31(36)32(37)34(29)20-22-9-5-3-6-10-22/h3-19,29,35H,2,20-21H2,1H3/b30-28+. The highest BCUT2D eigenvalue weighted by molar-refractivity contribution is 6.46. The Morgan fingerprint density at radius 1 is 0.846 bits per heavy atom. The lowest BCUT2D eigenvalue weighted by molar-refractivity contribution is -0.140. The van der Waals surface area contributed by atoms with Crippen molar-refractivity contribution in [1.82, 2.24) is 9.88 Å². The van der Waals surface area contributed by atoms with Gasteiger partial charge in [-0.1, -0.05) is 66.7 Å². The number of hydrogen-bond acceptors (Lipinski definition) is 6. The van der Waals surface area contributed by atoms with Crippen molar-refractivity contribution in [3.8, 4) is 11.5 Å². The van der Waals surface area contributed by atoms with Gasteiger partial charge in [-0.2, -0.15) is 0 Å². The van der Waals surface area contributed by atoms with Crippen LogP contribution in [0.15, 0.2) is 109 Å². The molecule has 0 spiro atoms. The third kappa shape index (κ3) is 5.52. The summed E-state index contributed by atoms with van der Waals surface area (Å²) >= 11 is 0. The Morgan fingerprint density at radius 3 is 2.18 bits per heavy atom. The summed E-state index contributed by atoms with van der Waals surface area (Å²) in [5.74, 6) is -0.646. The number of likely N-dealkylation sites (tertiary alicyclic amines) is 1. The quantitative estimate of drug-likeness (QED) is 0.174. The van der Waals surface area contributed by atoms with Crippen molar-refractivity contribution >= 4 is 17.4 Å². The first kappa shape index (κ1) is 25.7. The Hall–Kier alpha value is -4.91. The van der Waals surface area contributed by atoms with E-state index in [2.05, 4.69) is 4.98 Å². The number of aromatic nitrogens is 1. The number of nitrogens with zero attached hydrogens (tertiary/aromatic N) is 2. The first-order valence-electron chi connectivity index (χ1n) is 12.7. The van der Waals surface area contributed by atoms with Crippen LogP contribution in [0.3, 0.4) is 0 Å². The highest BCUT2D eigenvalue weighted by atomic mass is 16.5. The second-order valence-corrected chi connectivity index (χ2v) is 9.06. The van der Waals surface area contributed by atoms with Crippen molar-refractivity contribution in [2.24, 2.45) is 0 Å². The molecule has 0 saturated carbocycles. The number of carbonyl (C=O) groups excluding carboxylic acids is 2. The minimum Gasteiger partial charge on any atom is -0.507 e. The van der Waals surface area contributed by atoms with Gasteiger partial charge in [0.05, 0.1) is 18.2 Å². The Morgan fingerprint density at radius 2 is 1.51 bits per heavy atom. The van der Waals surface area contributed by atoms with Gasteiger partial charge < -0.3 is 19.5 Å². The van der Waals surface area contributed by atoms with Crippen molar-refractivity contribution in [2.75, 3.05) is 6.61 Å². The molecule has 7 heteroatoms. The smallest absolute Gasteiger partial charge is 0.295 e. The van der Waals surface area contributed by atoms with Gasteiger partial charge in [0, 0.05) is 24.5 Å². The van der Waals surface area contributed by atoms with Crippen LogP contribution in [-0.4, -0.2) is 33.3 Å². The fourth-order valence-electron chi connectivity index (χ4n) is 4.65. The van der Waals surface area contributed by atoms with Crippen LogP contribution in [0.25, 0.3) is 5.76 Å². The summed E-state index contributed by atoms with van der Waals surface area (Å²) in [5.41, 5.74) is 2.91. The molecule has 1 unspecified atom stereocenters. The van der Waals surface area contributed by atoms with Crippen molar-refractivity contribution in [3.63, 3.8) is 0 Å². The Balaban J connectivity index is 1.58. The predicted octanol–water partition coefficient (Wildman–Crippen LogP) is 5.68. The van der Waals surface area contributed by atoms with Crippen molar-refractivity contribution in [3.05, 3.63) is 131 Å². The number of aliphatic hydroxyl groups excluding tert-OH is 1. The molecule has 1 fully saturated rings. The zero-order chi connectivity index (χ0) is 27.2. The van der Waals surface area contributed by atoms with E-state index in [9.17, 15) is 14.7 Å². The third-order valence-electron chi connectivity index (χ3n) is 6.51. The van der Waals surface area contributed by atoms with E-state index in [4.69, 9.17) is 9.47 Å². The average Bonchev–Trinajstić information content (AvgIpc) is 3.22. The van der Waals surface area contributed by atoms with Gasteiger partial charge in [0.1, 0.15) is 12.4 Å². The highest BCUT2D eigenvalue weighted by Crippen LogP contribution is 2.42. The van der Waals surface area contributed by atoms with Gasteiger partial charge in [-0.15, -0.1) is 0 Å². The molecule has 1 atom stereocenters. The zero-order valence-corrected chi connectivity index (χ0v) is 21.5. The summed E-state index contributed by atoms with van der Waals surface area (Å²) in [6.45, 7) is 2.82. The molecule has 7 nitrogen and oxygen atoms in total. The Labute approximate surface area is 227 Å². The fraction of sp³-hybridized carbons (Fsp3) is 0.156. The van der Waals surface area contributed by atoms with Crippen LogP contribution < -0.4 is 9.47 Å². The fourth-order valence-corrected chi connectivity index (χ4v) is 4.65. The lowest BCUT2D eigenvalue weighted by Crippen LogP contribution is -2.29. The second-order valence-electron chi connectivity index (χ2n) is 9.06. The molecule has 4 aromatic rings. The molecule has 1 aliphatic heterocycles. The summed E-state index contributed by atoms with van der Waals surface area (Å²) < 4.78 is 12.0. The van der Waals surface area contributed by atoms with Gasteiger partial charge in [0.15, 0.2) is 11.5 Å². The molecule has 0 radical (unpaired) electrons. The van der Waals surface area contributed by atoms with Gasteiger partial charge >= 0.3 is 0 Å². The van der Waals surface area contributed by atoms with E-state index in [-0.39, 0.29) is 17.9 Å². The summed E-state index contributed by atoms with van der Waals surface area (Å²) in [6.07, 6.45) is 3.05. The van der Waals surface area contributed by atoms with Gasteiger partial charge in [-0.05, 0) is 47.9 Å². The van der Waals surface area contributed by atoms with Crippen LogP contribution in [0.4, 0.5) is 0 Å². The maximum Gasteiger partial charge on any atom is 0.295 e. The van der Waals surface area contributed by atoms with Crippen molar-refractivity contribution in [2.45, 2.75) is 26.1 Å². The molecule has 0 aliphatic carbocycles. The Bertz CT molecular complexity index is 1490. The SMILES string of the molecule is CCOc1cc(C2/C(=C(\O)c3ccncc3)C(=O)C(=O)N2Cc2ccccc2)ccc1OCc1ccccc1. The van der Waals surface area contributed by atoms with Crippen LogP contribution >= 0.6 is 0 Å². The summed E-state index contributed by atoms with van der Waals surface area (Å²) in [5, 5.41) is 11.3. The number of amides is 1. The monoisotopic (exact) mass is 520 g/mol. The number of ether oxygens (including phenoxy) is 2. The van der Waals surface area contributed by atoms with Gasteiger partial charge in [-0.25, -0.2) is 0 Å². The molecule has 1 N–H and O–H groups in total. The molecule has 5 rings (SSSR count). The van der Waals surface area contributed by atoms with Gasteiger partial charge in [0.2, 0.25) is 0 Å². The number of Topliss-reactive ketones (excluding diaryl/α,β-unsaturated/α-hetero) is 1. The predicted molar refractivity (Wildman–Crippen MR) is 147 cm³/mol. The number of benzene rings is 3. The minimum atomic E-state index is -0.833. The molecule has 196 valence electrons. The number of pyridine rings is 1. The molecular formula is C32H28N2O5. The van der Waals surface area contributed by atoms with Crippen LogP contribution in [0.2, 0.25) is 0 Å². The molecule has 1 aromatic heterocycles. The number of rotatable bonds is 9. The van der Waals surface area contributed by atoms with E-state index in [1.54, 1.807) is 30.3 Å². The summed E-state index contributed by atoms with van der Waals surface area (Å²) in [7, 11) is 0. The molecule has 1 saturated heterocycles. The molecule has 0 bridgehead atoms. The normalized spacial score (nSPS) is 16.3. The summed E-state index contributed by atoms with van der Waals surface area (Å²) in [6, 6.07) is 27.0. The maximum absolute atomic E-state index is 13.4. The van der Waals surface area contributed by atoms with E-state index < -0.39 is 17.7 Å². The molecule has 2 heterocycles. The van der Waals surface area contributed by atoms with Crippen LogP contribution in [0.5, 0.6) is 11.5 Å². The molecular weight excluding hydrogens is 492 g/mol. The van der Waals surface area contributed by atoms with E-state index in [0.29, 0.717) is 35.8 Å². The lowest BCUT2D eigenvalue weighted by Gasteiger charge is -2.26. The number of carbonyl (C=O) groups is 2. The first-order valence-corrected chi connectivity index (χ1v) is 12.7.